The second kappa shape index (κ2) is 9.91. The molecule has 1 heterocycles. The molecule has 2 aromatic carbocycles. The highest BCUT2D eigenvalue weighted by atomic mass is 35.5. The minimum absolute atomic E-state index is 0.00744. The molecule has 158 valence electrons. The van der Waals surface area contributed by atoms with E-state index in [0.717, 1.165) is 25.1 Å². The molecule has 3 rings (SSSR count). The smallest absolute Gasteiger partial charge is 0.184 e. The van der Waals surface area contributed by atoms with E-state index in [2.05, 4.69) is 4.90 Å². The fourth-order valence-corrected chi connectivity index (χ4v) is 3.88. The van der Waals surface area contributed by atoms with Crippen molar-refractivity contribution >= 4 is 21.4 Å². The zero-order valence-electron chi connectivity index (χ0n) is 16.6. The van der Waals surface area contributed by atoms with E-state index in [-0.39, 0.29) is 17.3 Å². The topological polar surface area (TPSA) is 65.1 Å². The van der Waals surface area contributed by atoms with Crippen molar-refractivity contribution in [1.82, 2.24) is 4.90 Å². The van der Waals surface area contributed by atoms with Crippen LogP contribution in [0.4, 0.5) is 0 Å². The average Bonchev–Trinajstić information content (AvgIpc) is 3.14. The van der Waals surface area contributed by atoms with Gasteiger partial charge in [-0.05, 0) is 43.8 Å². The zero-order chi connectivity index (χ0) is 20.9. The third-order valence-corrected chi connectivity index (χ3v) is 5.96. The van der Waals surface area contributed by atoms with E-state index in [1.165, 1.54) is 6.26 Å². The maximum Gasteiger partial charge on any atom is 0.184 e. The summed E-state index contributed by atoms with van der Waals surface area (Å²) < 4.78 is 40.6. The molecule has 0 spiro atoms. The third-order valence-electron chi connectivity index (χ3n) is 4.59. The molecule has 1 aliphatic heterocycles. The third kappa shape index (κ3) is 6.69. The van der Waals surface area contributed by atoms with E-state index in [0.29, 0.717) is 24.0 Å². The maximum atomic E-state index is 11.6. The van der Waals surface area contributed by atoms with Crippen LogP contribution < -0.4 is 4.74 Å². The van der Waals surface area contributed by atoms with Crippen LogP contribution in [0.25, 0.3) is 0 Å². The highest BCUT2D eigenvalue weighted by Gasteiger charge is 2.28. The molecular formula is C21H26ClNO5S. The van der Waals surface area contributed by atoms with Gasteiger partial charge in [-0.3, -0.25) is 0 Å². The highest BCUT2D eigenvalue weighted by Crippen LogP contribution is 2.28. The van der Waals surface area contributed by atoms with Gasteiger partial charge in [0.15, 0.2) is 16.1 Å². The minimum Gasteiger partial charge on any atom is -0.494 e. The molecule has 0 amide bonds. The molecule has 0 saturated carbocycles. The van der Waals surface area contributed by atoms with Crippen LogP contribution in [0, 0.1) is 0 Å². The first-order chi connectivity index (χ1) is 13.8. The molecule has 29 heavy (non-hydrogen) atoms. The van der Waals surface area contributed by atoms with Gasteiger partial charge in [0.25, 0.3) is 0 Å². The normalized spacial score (nSPS) is 19.6. The molecule has 0 N–H and O–H groups in total. The van der Waals surface area contributed by atoms with Crippen molar-refractivity contribution in [3.05, 3.63) is 59.1 Å². The Labute approximate surface area is 177 Å². The summed E-state index contributed by atoms with van der Waals surface area (Å²) in [5, 5.41) is 0.688. The van der Waals surface area contributed by atoms with Crippen LogP contribution in [-0.2, 0) is 19.3 Å². The number of hydrogen-bond donors (Lipinski definition) is 0. The molecule has 6 nitrogen and oxygen atoms in total. The summed E-state index contributed by atoms with van der Waals surface area (Å²) in [6.45, 7) is 2.64. The molecule has 2 atom stereocenters. The van der Waals surface area contributed by atoms with E-state index in [1.54, 1.807) is 24.3 Å². The fourth-order valence-electron chi connectivity index (χ4n) is 3.10. The van der Waals surface area contributed by atoms with Gasteiger partial charge in [0.2, 0.25) is 0 Å². The number of rotatable bonds is 9. The van der Waals surface area contributed by atoms with Crippen molar-refractivity contribution in [3.8, 4) is 5.75 Å². The van der Waals surface area contributed by atoms with E-state index < -0.39 is 9.84 Å². The summed E-state index contributed by atoms with van der Waals surface area (Å²) >= 11 is 5.92. The first-order valence-corrected chi connectivity index (χ1v) is 11.7. The summed E-state index contributed by atoms with van der Waals surface area (Å²) in [6, 6.07) is 14.1. The average molecular weight is 440 g/mol. The summed E-state index contributed by atoms with van der Waals surface area (Å²) in [4.78, 5) is 2.44. The second-order valence-corrected chi connectivity index (χ2v) is 9.64. The van der Waals surface area contributed by atoms with Crippen LogP contribution in [-0.4, -0.2) is 59.0 Å². The lowest BCUT2D eigenvalue weighted by molar-refractivity contribution is -0.0635. The molecule has 2 unspecified atom stereocenters. The van der Waals surface area contributed by atoms with Crippen molar-refractivity contribution < 1.29 is 22.6 Å². The van der Waals surface area contributed by atoms with Crippen LogP contribution in [0.15, 0.2) is 53.4 Å². The number of nitrogens with zero attached hydrogens (tertiary/aromatic N) is 1. The predicted molar refractivity (Wildman–Crippen MR) is 112 cm³/mol. The number of likely N-dealkylation sites (N-methyl/N-ethyl adjacent to an activating group) is 1. The number of ether oxygens (including phenoxy) is 3. The Kier molecular flexibility index (Phi) is 7.54. The minimum atomic E-state index is -3.23. The lowest BCUT2D eigenvalue weighted by atomic mass is 10.2. The summed E-state index contributed by atoms with van der Waals surface area (Å²) in [5.74, 6) is 0.564. The molecule has 0 radical (unpaired) electrons. The Morgan fingerprint density at radius 1 is 1.21 bits per heavy atom. The van der Waals surface area contributed by atoms with Gasteiger partial charge in [-0.1, -0.05) is 29.8 Å². The van der Waals surface area contributed by atoms with Crippen molar-refractivity contribution in [1.29, 1.82) is 0 Å². The Bertz CT molecular complexity index is 904. The molecule has 8 heteroatoms. The number of benzene rings is 2. The fraction of sp³-hybridized carbons (Fsp3) is 0.429. The zero-order valence-corrected chi connectivity index (χ0v) is 18.2. The monoisotopic (exact) mass is 439 g/mol. The highest BCUT2D eigenvalue weighted by molar-refractivity contribution is 7.90. The van der Waals surface area contributed by atoms with Crippen molar-refractivity contribution in [2.45, 2.75) is 23.7 Å². The van der Waals surface area contributed by atoms with E-state index in [9.17, 15) is 8.42 Å². The SMILES string of the molecule is CN(CCCOc1cccc(S(C)(=O)=O)c1)CC1COC(c2ccc(Cl)cc2)O1. The Hall–Kier alpha value is -1.64. The predicted octanol–water partition coefficient (Wildman–Crippen LogP) is 3.56. The molecule has 1 aliphatic rings. The summed E-state index contributed by atoms with van der Waals surface area (Å²) in [6.07, 6.45) is 1.66. The van der Waals surface area contributed by atoms with Gasteiger partial charge in [-0.15, -0.1) is 0 Å². The van der Waals surface area contributed by atoms with E-state index in [1.807, 2.05) is 31.3 Å². The summed E-state index contributed by atoms with van der Waals surface area (Å²) in [5.41, 5.74) is 0.962. The van der Waals surface area contributed by atoms with Crippen LogP contribution in [0.1, 0.15) is 18.3 Å². The molecular weight excluding hydrogens is 414 g/mol. The van der Waals surface area contributed by atoms with Gasteiger partial charge < -0.3 is 19.1 Å². The Balaban J connectivity index is 1.37. The second-order valence-electron chi connectivity index (χ2n) is 7.19. The van der Waals surface area contributed by atoms with Crippen LogP contribution in [0.5, 0.6) is 5.75 Å². The largest absolute Gasteiger partial charge is 0.494 e. The lowest BCUT2D eigenvalue weighted by Crippen LogP contribution is -2.31. The maximum absolute atomic E-state index is 11.6. The van der Waals surface area contributed by atoms with Crippen molar-refractivity contribution in [3.63, 3.8) is 0 Å². The van der Waals surface area contributed by atoms with E-state index >= 15 is 0 Å². The first-order valence-electron chi connectivity index (χ1n) is 9.45. The molecule has 1 saturated heterocycles. The van der Waals surface area contributed by atoms with Crippen LogP contribution in [0.2, 0.25) is 5.02 Å². The Morgan fingerprint density at radius 3 is 2.69 bits per heavy atom. The molecule has 1 fully saturated rings. The van der Waals surface area contributed by atoms with Crippen molar-refractivity contribution in [2.75, 3.05) is 39.6 Å². The molecule has 0 aliphatic carbocycles. The van der Waals surface area contributed by atoms with Gasteiger partial charge in [0.05, 0.1) is 24.2 Å². The lowest BCUT2D eigenvalue weighted by Gasteiger charge is -2.20. The molecule has 0 bridgehead atoms. The number of hydrogen-bond acceptors (Lipinski definition) is 6. The van der Waals surface area contributed by atoms with Crippen molar-refractivity contribution in [2.24, 2.45) is 0 Å². The summed E-state index contributed by atoms with van der Waals surface area (Å²) in [7, 11) is -1.20. The number of sulfone groups is 1. The molecule has 2 aromatic rings. The first kappa shape index (κ1) is 22.1. The van der Waals surface area contributed by atoms with Crippen LogP contribution >= 0.6 is 11.6 Å². The van der Waals surface area contributed by atoms with E-state index in [4.69, 9.17) is 25.8 Å². The van der Waals surface area contributed by atoms with Gasteiger partial charge in [0, 0.05) is 29.9 Å². The Morgan fingerprint density at radius 2 is 1.97 bits per heavy atom. The molecule has 0 aromatic heterocycles. The number of halogens is 1. The quantitative estimate of drug-likeness (QED) is 0.556. The van der Waals surface area contributed by atoms with Gasteiger partial charge in [-0.2, -0.15) is 0 Å². The van der Waals surface area contributed by atoms with Gasteiger partial charge in [0.1, 0.15) is 5.75 Å². The van der Waals surface area contributed by atoms with Gasteiger partial charge >= 0.3 is 0 Å². The van der Waals surface area contributed by atoms with Crippen LogP contribution in [0.3, 0.4) is 0 Å². The van der Waals surface area contributed by atoms with Gasteiger partial charge in [-0.25, -0.2) is 8.42 Å². The standard InChI is InChI=1S/C21H26ClNO5S/c1-23(11-4-12-26-18-5-3-6-20(13-18)29(2,24)25)14-19-15-27-21(28-19)16-7-9-17(22)10-8-16/h3,5-10,13,19,21H,4,11-12,14-15H2,1-2H3.